The lowest BCUT2D eigenvalue weighted by Crippen LogP contribution is -2.28. The molecule has 0 bridgehead atoms. The van der Waals surface area contributed by atoms with Gasteiger partial charge < -0.3 is 10.6 Å². The molecule has 0 atom stereocenters. The summed E-state index contributed by atoms with van der Waals surface area (Å²) in [5.74, 6) is 0. The fourth-order valence-corrected chi connectivity index (χ4v) is 3.76. The number of nitrogens with two attached hydrogens (primary N) is 1. The minimum atomic E-state index is 0.655. The van der Waals surface area contributed by atoms with Crippen molar-refractivity contribution in [2.75, 3.05) is 11.4 Å². The summed E-state index contributed by atoms with van der Waals surface area (Å²) in [4.78, 5) is 5.20. The zero-order valence-corrected chi connectivity index (χ0v) is 12.2. The van der Waals surface area contributed by atoms with E-state index in [1.807, 2.05) is 11.3 Å². The molecule has 2 N–H and O–H groups in total. The number of hydrogen-bond donors (Lipinski definition) is 1. The molecule has 0 unspecified atom stereocenters. The highest BCUT2D eigenvalue weighted by atomic mass is 32.1. The molecule has 2 nitrogen and oxygen atoms in total. The number of anilines is 1. The van der Waals surface area contributed by atoms with Crippen LogP contribution in [0.2, 0.25) is 0 Å². The van der Waals surface area contributed by atoms with Gasteiger partial charge in [-0.1, -0.05) is 18.2 Å². The number of rotatable bonds is 3. The van der Waals surface area contributed by atoms with E-state index in [4.69, 9.17) is 5.73 Å². The first-order valence-corrected chi connectivity index (χ1v) is 7.70. The van der Waals surface area contributed by atoms with E-state index in [0.29, 0.717) is 6.54 Å². The molecular formula is C16H20N2S. The van der Waals surface area contributed by atoms with Crippen molar-refractivity contribution in [2.24, 2.45) is 5.73 Å². The number of hydrogen-bond acceptors (Lipinski definition) is 3. The molecule has 0 amide bonds. The Kier molecular flexibility index (Phi) is 3.58. The van der Waals surface area contributed by atoms with Crippen LogP contribution in [0.4, 0.5) is 5.69 Å². The molecule has 0 radical (unpaired) electrons. The van der Waals surface area contributed by atoms with Crippen molar-refractivity contribution in [1.29, 1.82) is 0 Å². The topological polar surface area (TPSA) is 29.3 Å². The van der Waals surface area contributed by atoms with Gasteiger partial charge in [0.05, 0.1) is 0 Å². The summed E-state index contributed by atoms with van der Waals surface area (Å²) in [6.45, 7) is 5.03. The van der Waals surface area contributed by atoms with Gasteiger partial charge in [-0.3, -0.25) is 0 Å². The predicted octanol–water partition coefficient (Wildman–Crippen LogP) is 3.47. The van der Waals surface area contributed by atoms with Crippen LogP contribution >= 0.6 is 11.3 Å². The predicted molar refractivity (Wildman–Crippen MR) is 82.8 cm³/mol. The van der Waals surface area contributed by atoms with Crippen LogP contribution in [0.5, 0.6) is 0 Å². The Morgan fingerprint density at radius 2 is 2.16 bits per heavy atom. The fourth-order valence-electron chi connectivity index (χ4n) is 2.83. The van der Waals surface area contributed by atoms with Gasteiger partial charge in [-0.15, -0.1) is 11.3 Å². The van der Waals surface area contributed by atoms with Gasteiger partial charge in [-0.2, -0.15) is 0 Å². The molecule has 2 heterocycles. The molecule has 0 fully saturated rings. The van der Waals surface area contributed by atoms with Gasteiger partial charge in [-0.25, -0.2) is 0 Å². The number of nitrogens with zero attached hydrogens (tertiary/aromatic N) is 1. The van der Waals surface area contributed by atoms with Crippen LogP contribution in [0.15, 0.2) is 30.3 Å². The van der Waals surface area contributed by atoms with E-state index < -0.39 is 0 Å². The van der Waals surface area contributed by atoms with Crippen molar-refractivity contribution in [2.45, 2.75) is 32.9 Å². The normalized spacial score (nSPS) is 14.5. The number of benzene rings is 1. The lowest BCUT2D eigenvalue weighted by molar-refractivity contribution is 0.691. The van der Waals surface area contributed by atoms with Gasteiger partial charge in [0, 0.05) is 35.1 Å². The molecule has 0 aliphatic carbocycles. The van der Waals surface area contributed by atoms with Crippen molar-refractivity contribution >= 4 is 17.0 Å². The number of para-hydroxylation sites is 1. The Hall–Kier alpha value is -1.32. The van der Waals surface area contributed by atoms with E-state index in [1.54, 1.807) is 0 Å². The van der Waals surface area contributed by atoms with E-state index in [-0.39, 0.29) is 0 Å². The molecule has 0 spiro atoms. The van der Waals surface area contributed by atoms with Gasteiger partial charge in [0.25, 0.3) is 0 Å². The smallest absolute Gasteiger partial charge is 0.0440 e. The Balaban J connectivity index is 1.86. The third kappa shape index (κ3) is 2.53. The molecular weight excluding hydrogens is 252 g/mol. The summed E-state index contributed by atoms with van der Waals surface area (Å²) in [5.41, 5.74) is 10.1. The highest BCUT2D eigenvalue weighted by Crippen LogP contribution is 2.30. The first-order chi connectivity index (χ1) is 9.28. The Morgan fingerprint density at radius 3 is 2.95 bits per heavy atom. The molecule has 3 heteroatoms. The maximum atomic E-state index is 5.74. The molecule has 1 aromatic carbocycles. The van der Waals surface area contributed by atoms with Crippen LogP contribution in [0.3, 0.4) is 0 Å². The van der Waals surface area contributed by atoms with E-state index in [0.717, 1.165) is 13.1 Å². The van der Waals surface area contributed by atoms with E-state index in [2.05, 4.69) is 42.2 Å². The van der Waals surface area contributed by atoms with Gasteiger partial charge in [0.2, 0.25) is 0 Å². The van der Waals surface area contributed by atoms with Crippen LogP contribution in [-0.2, 0) is 19.5 Å². The minimum Gasteiger partial charge on any atom is -0.367 e. The molecule has 3 rings (SSSR count). The SMILES string of the molecule is Cc1sc(CN)cc1CN1CCCc2ccccc21. The average Bonchev–Trinajstić information content (AvgIpc) is 2.80. The summed E-state index contributed by atoms with van der Waals surface area (Å²) >= 11 is 1.83. The molecule has 0 saturated heterocycles. The monoisotopic (exact) mass is 272 g/mol. The maximum absolute atomic E-state index is 5.74. The standard InChI is InChI=1S/C16H20N2S/c1-12-14(9-15(10-17)19-12)11-18-8-4-6-13-5-2-3-7-16(13)18/h2-3,5,7,9H,4,6,8,10-11,17H2,1H3. The van der Waals surface area contributed by atoms with Crippen molar-refractivity contribution in [1.82, 2.24) is 0 Å². The van der Waals surface area contributed by atoms with Crippen molar-refractivity contribution < 1.29 is 0 Å². The number of aryl methyl sites for hydroxylation is 2. The van der Waals surface area contributed by atoms with E-state index >= 15 is 0 Å². The summed E-state index contributed by atoms with van der Waals surface area (Å²) in [5, 5.41) is 0. The Labute approximate surface area is 118 Å². The fraction of sp³-hybridized carbons (Fsp3) is 0.375. The summed E-state index contributed by atoms with van der Waals surface area (Å²) in [6.07, 6.45) is 2.47. The molecule has 1 aliphatic rings. The van der Waals surface area contributed by atoms with Crippen LogP contribution in [-0.4, -0.2) is 6.54 Å². The van der Waals surface area contributed by atoms with Crippen molar-refractivity contribution in [3.8, 4) is 0 Å². The number of fused-ring (bicyclic) bond motifs is 1. The average molecular weight is 272 g/mol. The second-order valence-electron chi connectivity index (χ2n) is 5.15. The van der Waals surface area contributed by atoms with Crippen molar-refractivity contribution in [3.63, 3.8) is 0 Å². The van der Waals surface area contributed by atoms with Gasteiger partial charge in [-0.05, 0) is 43.0 Å². The highest BCUT2D eigenvalue weighted by Gasteiger charge is 2.17. The zero-order chi connectivity index (χ0) is 13.2. The quantitative estimate of drug-likeness (QED) is 0.927. The first-order valence-electron chi connectivity index (χ1n) is 6.89. The molecule has 1 aliphatic heterocycles. The van der Waals surface area contributed by atoms with Gasteiger partial charge >= 0.3 is 0 Å². The van der Waals surface area contributed by atoms with Crippen LogP contribution < -0.4 is 10.6 Å². The lowest BCUT2D eigenvalue weighted by Gasteiger charge is -2.31. The third-order valence-corrected chi connectivity index (χ3v) is 4.96. The molecule has 100 valence electrons. The van der Waals surface area contributed by atoms with Gasteiger partial charge in [0.1, 0.15) is 0 Å². The summed E-state index contributed by atoms with van der Waals surface area (Å²) < 4.78 is 0. The Morgan fingerprint density at radius 1 is 1.32 bits per heavy atom. The Bertz CT molecular complexity index is 574. The number of thiophene rings is 1. The lowest BCUT2D eigenvalue weighted by atomic mass is 10.0. The third-order valence-electron chi connectivity index (χ3n) is 3.84. The molecule has 1 aromatic heterocycles. The zero-order valence-electron chi connectivity index (χ0n) is 11.4. The molecule has 19 heavy (non-hydrogen) atoms. The van der Waals surface area contributed by atoms with Crippen molar-refractivity contribution in [3.05, 3.63) is 51.2 Å². The second-order valence-corrected chi connectivity index (χ2v) is 6.49. The van der Waals surface area contributed by atoms with E-state index in [9.17, 15) is 0 Å². The highest BCUT2D eigenvalue weighted by molar-refractivity contribution is 7.12. The maximum Gasteiger partial charge on any atom is 0.0440 e. The van der Waals surface area contributed by atoms with Gasteiger partial charge in [0.15, 0.2) is 0 Å². The van der Waals surface area contributed by atoms with Crippen LogP contribution in [0.25, 0.3) is 0 Å². The summed E-state index contributed by atoms with van der Waals surface area (Å²) in [6, 6.07) is 11.1. The molecule has 2 aromatic rings. The van der Waals surface area contributed by atoms with Crippen LogP contribution in [0, 0.1) is 6.92 Å². The minimum absolute atomic E-state index is 0.655. The summed E-state index contributed by atoms with van der Waals surface area (Å²) in [7, 11) is 0. The largest absolute Gasteiger partial charge is 0.367 e. The molecule has 0 saturated carbocycles. The first kappa shape index (κ1) is 12.7. The van der Waals surface area contributed by atoms with Crippen LogP contribution in [0.1, 0.15) is 27.3 Å². The van der Waals surface area contributed by atoms with E-state index in [1.165, 1.54) is 39.4 Å². The second kappa shape index (κ2) is 5.35.